The van der Waals surface area contributed by atoms with E-state index in [1.165, 1.54) is 43.9 Å². The van der Waals surface area contributed by atoms with Gasteiger partial charge in [0, 0.05) is 18.7 Å². The van der Waals surface area contributed by atoms with Gasteiger partial charge in [-0.25, -0.2) is 12.7 Å². The monoisotopic (exact) mass is 376 g/mol. The van der Waals surface area contributed by atoms with Gasteiger partial charge < -0.3 is 5.32 Å². The number of benzene rings is 1. The molecule has 0 saturated heterocycles. The molecule has 3 aliphatic rings. The molecule has 4 rings (SSSR count). The summed E-state index contributed by atoms with van der Waals surface area (Å²) < 4.78 is 25.7. The first-order valence-electron chi connectivity index (χ1n) is 9.41. The fourth-order valence-electron chi connectivity index (χ4n) is 4.93. The van der Waals surface area contributed by atoms with Crippen molar-refractivity contribution in [3.8, 4) is 0 Å². The zero-order valence-electron chi connectivity index (χ0n) is 14.9. The SMILES string of the molecule is CCN1C(=O)c2ccc(C(=O)NCC[C@@H]3C[C@H]4CC[C@H]3C4)cc2S1(=O)=O. The predicted octanol–water partition coefficient (Wildman–Crippen LogP) is 2.41. The molecule has 26 heavy (non-hydrogen) atoms. The van der Waals surface area contributed by atoms with Crippen LogP contribution >= 0.6 is 0 Å². The number of carbonyl (C=O) groups excluding carboxylic acids is 2. The number of nitrogens with zero attached hydrogens (tertiary/aromatic N) is 1. The van der Waals surface area contributed by atoms with E-state index in [1.54, 1.807) is 6.92 Å². The van der Waals surface area contributed by atoms with E-state index in [2.05, 4.69) is 5.32 Å². The normalized spacial score (nSPS) is 28.4. The Bertz CT molecular complexity index is 864. The number of nitrogens with one attached hydrogen (secondary N) is 1. The van der Waals surface area contributed by atoms with Crippen molar-refractivity contribution < 1.29 is 18.0 Å². The number of hydrogen-bond donors (Lipinski definition) is 1. The van der Waals surface area contributed by atoms with E-state index < -0.39 is 15.9 Å². The van der Waals surface area contributed by atoms with Gasteiger partial charge in [-0.15, -0.1) is 0 Å². The topological polar surface area (TPSA) is 83.6 Å². The molecular formula is C19H24N2O4S. The Morgan fingerprint density at radius 3 is 2.73 bits per heavy atom. The van der Waals surface area contributed by atoms with Crippen molar-refractivity contribution in [2.24, 2.45) is 17.8 Å². The van der Waals surface area contributed by atoms with Crippen LogP contribution in [-0.2, 0) is 10.0 Å². The van der Waals surface area contributed by atoms with Crippen molar-refractivity contribution in [2.75, 3.05) is 13.1 Å². The fraction of sp³-hybridized carbons (Fsp3) is 0.579. The Morgan fingerprint density at radius 1 is 1.27 bits per heavy atom. The van der Waals surface area contributed by atoms with Crippen LogP contribution in [0.15, 0.2) is 23.1 Å². The minimum atomic E-state index is -3.84. The molecule has 1 heterocycles. The summed E-state index contributed by atoms with van der Waals surface area (Å²) in [5.41, 5.74) is 0.427. The van der Waals surface area contributed by atoms with Crippen molar-refractivity contribution in [2.45, 2.75) is 43.9 Å². The Balaban J connectivity index is 1.42. The van der Waals surface area contributed by atoms with Gasteiger partial charge in [0.15, 0.2) is 0 Å². The summed E-state index contributed by atoms with van der Waals surface area (Å²) >= 11 is 0. The second kappa shape index (κ2) is 6.37. The zero-order valence-corrected chi connectivity index (χ0v) is 15.7. The average molecular weight is 376 g/mol. The number of rotatable bonds is 5. The van der Waals surface area contributed by atoms with Crippen LogP contribution in [0, 0.1) is 17.8 Å². The lowest BCUT2D eigenvalue weighted by Gasteiger charge is -2.21. The quantitative estimate of drug-likeness (QED) is 0.855. The van der Waals surface area contributed by atoms with Gasteiger partial charge in [0.05, 0.1) is 5.56 Å². The van der Waals surface area contributed by atoms with E-state index >= 15 is 0 Å². The lowest BCUT2D eigenvalue weighted by Crippen LogP contribution is -2.29. The van der Waals surface area contributed by atoms with Crippen molar-refractivity contribution in [3.05, 3.63) is 29.3 Å². The van der Waals surface area contributed by atoms with E-state index in [0.717, 1.165) is 22.6 Å². The molecule has 2 aliphatic carbocycles. The van der Waals surface area contributed by atoms with Crippen LogP contribution in [-0.4, -0.2) is 37.6 Å². The fourth-order valence-corrected chi connectivity index (χ4v) is 6.54. The highest BCUT2D eigenvalue weighted by molar-refractivity contribution is 7.90. The summed E-state index contributed by atoms with van der Waals surface area (Å²) in [5, 5.41) is 2.91. The number of sulfonamides is 1. The Hall–Kier alpha value is -1.89. The van der Waals surface area contributed by atoms with Crippen molar-refractivity contribution in [1.29, 1.82) is 0 Å². The molecule has 0 unspecified atom stereocenters. The second-order valence-corrected chi connectivity index (χ2v) is 9.50. The molecule has 2 bridgehead atoms. The van der Waals surface area contributed by atoms with Gasteiger partial charge in [-0.3, -0.25) is 9.59 Å². The first-order chi connectivity index (χ1) is 12.4. The smallest absolute Gasteiger partial charge is 0.268 e. The van der Waals surface area contributed by atoms with Crippen LogP contribution in [0.3, 0.4) is 0 Å². The zero-order chi connectivity index (χ0) is 18.5. The molecule has 2 amide bonds. The predicted molar refractivity (Wildman–Crippen MR) is 96.2 cm³/mol. The largest absolute Gasteiger partial charge is 0.352 e. The van der Waals surface area contributed by atoms with Crippen molar-refractivity contribution in [1.82, 2.24) is 9.62 Å². The summed E-state index contributed by atoms with van der Waals surface area (Å²) in [6, 6.07) is 4.29. The summed E-state index contributed by atoms with van der Waals surface area (Å²) in [6.07, 6.45) is 6.31. The Morgan fingerprint density at radius 2 is 2.08 bits per heavy atom. The van der Waals surface area contributed by atoms with Crippen molar-refractivity contribution >= 4 is 21.8 Å². The maximum absolute atomic E-state index is 12.4. The molecule has 1 aliphatic heterocycles. The van der Waals surface area contributed by atoms with Crippen LogP contribution in [0.4, 0.5) is 0 Å². The maximum Gasteiger partial charge on any atom is 0.268 e. The summed E-state index contributed by atoms with van der Waals surface area (Å²) in [7, 11) is -3.84. The van der Waals surface area contributed by atoms with Gasteiger partial charge in [-0.2, -0.15) is 0 Å². The van der Waals surface area contributed by atoms with Gasteiger partial charge in [-0.05, 0) is 68.6 Å². The van der Waals surface area contributed by atoms with Gasteiger partial charge >= 0.3 is 0 Å². The molecule has 0 spiro atoms. The lowest BCUT2D eigenvalue weighted by atomic mass is 9.86. The minimum absolute atomic E-state index is 0.0647. The van der Waals surface area contributed by atoms with Gasteiger partial charge in [0.1, 0.15) is 4.90 Å². The van der Waals surface area contributed by atoms with E-state index in [1.807, 2.05) is 0 Å². The van der Waals surface area contributed by atoms with Crippen LogP contribution in [0.25, 0.3) is 0 Å². The minimum Gasteiger partial charge on any atom is -0.352 e. The maximum atomic E-state index is 12.4. The molecule has 2 saturated carbocycles. The van der Waals surface area contributed by atoms with Crippen LogP contribution < -0.4 is 5.32 Å². The van der Waals surface area contributed by atoms with Gasteiger partial charge in [-0.1, -0.05) is 6.42 Å². The Labute approximate surface area is 154 Å². The third kappa shape index (κ3) is 2.73. The highest BCUT2D eigenvalue weighted by Crippen LogP contribution is 2.49. The number of carbonyl (C=O) groups is 2. The Kier molecular flexibility index (Phi) is 4.29. The molecule has 0 radical (unpaired) electrons. The standard InChI is InChI=1S/C19H24N2O4S/c1-2-21-19(23)16-6-5-15(11-17(16)26(21,24)25)18(22)20-8-7-14-10-12-3-4-13(14)9-12/h5-6,11-14H,2-4,7-10H2,1H3,(H,20,22)/t12-,13-,14+/m0/s1. The second-order valence-electron chi connectivity index (χ2n) is 7.67. The van der Waals surface area contributed by atoms with E-state index in [9.17, 15) is 18.0 Å². The van der Waals surface area contributed by atoms with E-state index in [-0.39, 0.29) is 28.5 Å². The lowest BCUT2D eigenvalue weighted by molar-refractivity contribution is 0.0874. The van der Waals surface area contributed by atoms with E-state index in [4.69, 9.17) is 0 Å². The van der Waals surface area contributed by atoms with Gasteiger partial charge in [0.2, 0.25) is 0 Å². The summed E-state index contributed by atoms with van der Waals surface area (Å²) in [6.45, 7) is 2.31. The molecule has 140 valence electrons. The van der Waals surface area contributed by atoms with Crippen molar-refractivity contribution in [3.63, 3.8) is 0 Å². The molecule has 2 fully saturated rings. The van der Waals surface area contributed by atoms with Gasteiger partial charge in [0.25, 0.3) is 21.8 Å². The number of hydrogen-bond acceptors (Lipinski definition) is 4. The summed E-state index contributed by atoms with van der Waals surface area (Å²) in [4.78, 5) is 24.5. The molecular weight excluding hydrogens is 352 g/mol. The molecule has 1 aromatic carbocycles. The molecule has 1 aromatic rings. The highest BCUT2D eigenvalue weighted by Gasteiger charge is 2.41. The molecule has 6 nitrogen and oxygen atoms in total. The summed E-state index contributed by atoms with van der Waals surface area (Å²) in [5.74, 6) is 1.62. The molecule has 0 aromatic heterocycles. The third-order valence-corrected chi connectivity index (χ3v) is 8.14. The third-order valence-electron chi connectivity index (χ3n) is 6.24. The first-order valence-corrected chi connectivity index (χ1v) is 10.8. The van der Waals surface area contributed by atoms with Crippen LogP contribution in [0.2, 0.25) is 0 Å². The van der Waals surface area contributed by atoms with Crippen LogP contribution in [0.5, 0.6) is 0 Å². The van der Waals surface area contributed by atoms with Crippen LogP contribution in [0.1, 0.15) is 59.7 Å². The first kappa shape index (κ1) is 17.5. The average Bonchev–Trinajstić information content (AvgIpc) is 3.28. The number of fused-ring (bicyclic) bond motifs is 3. The molecule has 7 heteroatoms. The van der Waals surface area contributed by atoms with E-state index in [0.29, 0.717) is 12.5 Å². The number of amides is 2. The molecule has 1 N–H and O–H groups in total. The molecule has 3 atom stereocenters. The highest BCUT2D eigenvalue weighted by atomic mass is 32.2.